The number of nitrogens with zero attached hydrogens (tertiary/aromatic N) is 6. The monoisotopic (exact) mass is 868 g/mol. The Balaban J connectivity index is 0.943. The van der Waals surface area contributed by atoms with E-state index in [-0.39, 0.29) is 11.8 Å². The Morgan fingerprint density at radius 3 is 0.853 bits per heavy atom. The van der Waals surface area contributed by atoms with Crippen LogP contribution in [0.3, 0.4) is 0 Å². The molecular weight excluding hydrogens is 829 g/mol. The highest BCUT2D eigenvalue weighted by atomic mass is 15.0. The summed E-state index contributed by atoms with van der Waals surface area (Å²) in [4.78, 5) is 31.2. The van der Waals surface area contributed by atoms with Crippen LogP contribution in [0.4, 0.5) is 0 Å². The molecule has 3 aliphatic rings. The van der Waals surface area contributed by atoms with Crippen LogP contribution in [-0.4, -0.2) is 29.9 Å². The van der Waals surface area contributed by atoms with Crippen molar-refractivity contribution in [3.05, 3.63) is 264 Å². The number of hydrogen-bond donors (Lipinski definition) is 0. The van der Waals surface area contributed by atoms with E-state index < -0.39 is 0 Å². The first kappa shape index (κ1) is 39.4. The van der Waals surface area contributed by atoms with Crippen molar-refractivity contribution < 1.29 is 0 Å². The van der Waals surface area contributed by atoms with Gasteiger partial charge in [0.2, 0.25) is 0 Å². The fourth-order valence-electron chi connectivity index (χ4n) is 10.3. The minimum atomic E-state index is 0.00968. The topological polar surface area (TPSA) is 77.3 Å². The van der Waals surface area contributed by atoms with Gasteiger partial charge in [0, 0.05) is 45.2 Å². The molecule has 11 aromatic rings. The van der Waals surface area contributed by atoms with Gasteiger partial charge in [-0.25, -0.2) is 29.9 Å². The van der Waals surface area contributed by atoms with Crippen molar-refractivity contribution in [2.75, 3.05) is 0 Å². The van der Waals surface area contributed by atoms with E-state index in [1.54, 1.807) is 0 Å². The molecule has 0 spiro atoms. The molecule has 0 saturated carbocycles. The molecule has 6 heteroatoms. The average Bonchev–Trinajstić information content (AvgIpc) is 3.43. The molecule has 0 radical (unpaired) electrons. The minimum absolute atomic E-state index is 0.00968. The number of aromatic nitrogens is 6. The van der Waals surface area contributed by atoms with Gasteiger partial charge >= 0.3 is 0 Å². The zero-order chi connectivity index (χ0) is 45.0. The molecule has 0 aliphatic heterocycles. The molecule has 0 N–H and O–H groups in total. The molecule has 0 saturated heterocycles. The van der Waals surface area contributed by atoms with Crippen LogP contribution in [0.25, 0.3) is 90.6 Å². The van der Waals surface area contributed by atoms with Crippen molar-refractivity contribution in [2.24, 2.45) is 0 Å². The van der Waals surface area contributed by atoms with Crippen molar-refractivity contribution >= 4 is 0 Å². The Bertz CT molecular complexity index is 3440. The molecule has 2 unspecified atom stereocenters. The molecule has 0 fully saturated rings. The Morgan fingerprint density at radius 1 is 0.191 bits per heavy atom. The van der Waals surface area contributed by atoms with E-state index in [0.717, 1.165) is 55.6 Å². The van der Waals surface area contributed by atoms with E-state index >= 15 is 0 Å². The normalized spacial score (nSPS) is 14.2. The predicted octanol–water partition coefficient (Wildman–Crippen LogP) is 14.4. The fraction of sp³-hybridized carbons (Fsp3) is 0.0323. The lowest BCUT2D eigenvalue weighted by Gasteiger charge is -2.42. The molecule has 14 rings (SSSR count). The highest BCUT2D eigenvalue weighted by Crippen LogP contribution is 2.56. The molecule has 3 aliphatic carbocycles. The third kappa shape index (κ3) is 6.81. The number of hydrogen-bond acceptors (Lipinski definition) is 6. The minimum Gasteiger partial charge on any atom is -0.208 e. The molecule has 2 aromatic heterocycles. The third-order valence-electron chi connectivity index (χ3n) is 13.4. The Hall–Kier alpha value is -9.00. The molecular formula is C62H40N6. The molecule has 68 heavy (non-hydrogen) atoms. The van der Waals surface area contributed by atoms with Crippen LogP contribution in [0.5, 0.6) is 0 Å². The van der Waals surface area contributed by atoms with E-state index in [0.29, 0.717) is 34.9 Å². The Labute approximate surface area is 394 Å². The molecule has 6 nitrogen and oxygen atoms in total. The summed E-state index contributed by atoms with van der Waals surface area (Å²) in [6, 6.07) is 80.5. The number of rotatable bonds is 8. The Morgan fingerprint density at radius 2 is 0.471 bits per heavy atom. The van der Waals surface area contributed by atoms with Gasteiger partial charge in [-0.1, -0.05) is 218 Å². The third-order valence-corrected chi connectivity index (χ3v) is 13.4. The lowest BCUT2D eigenvalue weighted by atomic mass is 9.61. The molecule has 9 aromatic carbocycles. The van der Waals surface area contributed by atoms with Gasteiger partial charge in [-0.15, -0.1) is 0 Å². The van der Waals surface area contributed by atoms with Gasteiger partial charge in [-0.05, 0) is 67.8 Å². The van der Waals surface area contributed by atoms with Gasteiger partial charge in [-0.3, -0.25) is 0 Å². The SMILES string of the molecule is c1ccc(-c2nc(-c3ccc4c(c3)C3c5ccccc5C4c4cc(-c5nc(-c6ccccc6)nc(-c6ccccc6-c6ccccc6)n5)ccc43)nc(-c3ccccc3-c3ccccc3)n2)cc1. The summed E-state index contributed by atoms with van der Waals surface area (Å²) in [7, 11) is 0. The zero-order valence-electron chi connectivity index (χ0n) is 36.8. The van der Waals surface area contributed by atoms with Gasteiger partial charge in [0.15, 0.2) is 34.9 Å². The Kier molecular flexibility index (Phi) is 9.53. The molecule has 318 valence electrons. The van der Waals surface area contributed by atoms with Crippen LogP contribution in [0.1, 0.15) is 45.2 Å². The van der Waals surface area contributed by atoms with Gasteiger partial charge in [0.25, 0.3) is 0 Å². The molecule has 2 heterocycles. The molecule has 2 atom stereocenters. The van der Waals surface area contributed by atoms with Crippen LogP contribution in [0.15, 0.2) is 231 Å². The fourth-order valence-corrected chi connectivity index (χ4v) is 10.3. The van der Waals surface area contributed by atoms with E-state index in [1.165, 1.54) is 33.4 Å². The summed E-state index contributed by atoms with van der Waals surface area (Å²) in [5.41, 5.74) is 17.8. The predicted molar refractivity (Wildman–Crippen MR) is 271 cm³/mol. The summed E-state index contributed by atoms with van der Waals surface area (Å²) in [5, 5.41) is 0. The van der Waals surface area contributed by atoms with Crippen LogP contribution in [-0.2, 0) is 0 Å². The average molecular weight is 869 g/mol. The van der Waals surface area contributed by atoms with Crippen molar-refractivity contribution in [3.8, 4) is 90.6 Å². The highest BCUT2D eigenvalue weighted by Gasteiger charge is 2.41. The molecule has 2 bridgehead atoms. The van der Waals surface area contributed by atoms with Gasteiger partial charge in [0.05, 0.1) is 0 Å². The van der Waals surface area contributed by atoms with Crippen molar-refractivity contribution in [1.29, 1.82) is 0 Å². The maximum atomic E-state index is 5.27. The summed E-state index contributed by atoms with van der Waals surface area (Å²) in [6.45, 7) is 0. The lowest BCUT2D eigenvalue weighted by Crippen LogP contribution is -2.27. The van der Waals surface area contributed by atoms with E-state index in [1.807, 2.05) is 48.5 Å². The van der Waals surface area contributed by atoms with E-state index in [9.17, 15) is 0 Å². The van der Waals surface area contributed by atoms with Gasteiger partial charge < -0.3 is 0 Å². The number of benzene rings is 9. The van der Waals surface area contributed by atoms with Crippen LogP contribution < -0.4 is 0 Å². The standard InChI is InChI=1S/C62H40N6/c1-5-19-39(20-6-1)45-27-13-17-31-51(45)61-65-57(41-23-9-3-10-24-41)63-59(67-61)43-33-35-49-53(37-43)55-47-29-15-16-30-48(47)56(49)54-38-44(34-36-50(54)55)60-64-58(42-25-11-4-12-26-42)66-62(68-60)52-32-18-14-28-46(52)40-21-7-2-8-22-40/h1-38,55-56H. The second-order valence-corrected chi connectivity index (χ2v) is 17.4. The van der Waals surface area contributed by atoms with Crippen LogP contribution >= 0.6 is 0 Å². The van der Waals surface area contributed by atoms with Gasteiger partial charge in [0.1, 0.15) is 0 Å². The van der Waals surface area contributed by atoms with Crippen LogP contribution in [0.2, 0.25) is 0 Å². The maximum Gasteiger partial charge on any atom is 0.164 e. The molecule has 0 amide bonds. The summed E-state index contributed by atoms with van der Waals surface area (Å²) >= 11 is 0. The summed E-state index contributed by atoms with van der Waals surface area (Å²) in [6.07, 6.45) is 0. The smallest absolute Gasteiger partial charge is 0.164 e. The second kappa shape index (κ2) is 16.5. The first-order valence-corrected chi connectivity index (χ1v) is 23.0. The first-order valence-electron chi connectivity index (χ1n) is 23.0. The van der Waals surface area contributed by atoms with Crippen molar-refractivity contribution in [2.45, 2.75) is 11.8 Å². The zero-order valence-corrected chi connectivity index (χ0v) is 36.8. The van der Waals surface area contributed by atoms with Crippen molar-refractivity contribution in [1.82, 2.24) is 29.9 Å². The van der Waals surface area contributed by atoms with Gasteiger partial charge in [-0.2, -0.15) is 0 Å². The van der Waals surface area contributed by atoms with Crippen LogP contribution in [0, 0.1) is 0 Å². The second-order valence-electron chi connectivity index (χ2n) is 17.4. The first-order chi connectivity index (χ1) is 33.7. The maximum absolute atomic E-state index is 5.27. The summed E-state index contributed by atoms with van der Waals surface area (Å²) < 4.78 is 0. The summed E-state index contributed by atoms with van der Waals surface area (Å²) in [5.74, 6) is 3.84. The largest absolute Gasteiger partial charge is 0.208 e. The van der Waals surface area contributed by atoms with E-state index in [4.69, 9.17) is 29.9 Å². The highest BCUT2D eigenvalue weighted by molar-refractivity contribution is 5.84. The van der Waals surface area contributed by atoms with E-state index in [2.05, 4.69) is 182 Å². The van der Waals surface area contributed by atoms with Crippen molar-refractivity contribution in [3.63, 3.8) is 0 Å². The quantitative estimate of drug-likeness (QED) is 0.151. The lowest BCUT2D eigenvalue weighted by molar-refractivity contribution is 0.754.